The molecule has 2 fully saturated rings. The van der Waals surface area contributed by atoms with Gasteiger partial charge in [0.2, 0.25) is 17.7 Å². The Morgan fingerprint density at radius 3 is 2.37 bits per heavy atom. The largest absolute Gasteiger partial charge is 0.392 e. The number of aryl methyl sites for hydroxylation is 2. The first-order valence-corrected chi connectivity index (χ1v) is 25.8. The van der Waals surface area contributed by atoms with Gasteiger partial charge in [0.1, 0.15) is 6.23 Å². The van der Waals surface area contributed by atoms with Gasteiger partial charge in [-0.15, -0.1) is 11.3 Å². The summed E-state index contributed by atoms with van der Waals surface area (Å²) in [6.45, 7) is 17.2. The highest BCUT2D eigenvalue weighted by molar-refractivity contribution is 7.13. The summed E-state index contributed by atoms with van der Waals surface area (Å²) in [6, 6.07) is 18.4. The number of anilines is 1. The molecular weight excluding hydrogens is 901 g/mol. The van der Waals surface area contributed by atoms with Gasteiger partial charge in [-0.25, -0.2) is 4.98 Å². The number of H-pyrrole nitrogens is 1. The molecule has 2 aliphatic heterocycles. The highest BCUT2D eigenvalue weighted by atomic mass is 32.1. The van der Waals surface area contributed by atoms with Crippen LogP contribution in [0.1, 0.15) is 136 Å². The molecule has 4 atom stereocenters. The molecule has 5 N–H and O–H groups in total. The number of ketones is 1. The van der Waals surface area contributed by atoms with Crippen molar-refractivity contribution in [3.63, 3.8) is 0 Å². The van der Waals surface area contributed by atoms with E-state index in [2.05, 4.69) is 64.5 Å². The van der Waals surface area contributed by atoms with Crippen LogP contribution in [-0.4, -0.2) is 111 Å². The third-order valence-corrected chi connectivity index (χ3v) is 15.7. The van der Waals surface area contributed by atoms with Crippen molar-refractivity contribution in [2.75, 3.05) is 37.6 Å². The molecule has 3 amide bonds. The van der Waals surface area contributed by atoms with Crippen LogP contribution in [0.15, 0.2) is 60.1 Å². The van der Waals surface area contributed by atoms with Crippen molar-refractivity contribution in [1.82, 2.24) is 30.4 Å². The lowest BCUT2D eigenvalue weighted by Gasteiger charge is -2.40. The molecule has 1 unspecified atom stereocenters. The summed E-state index contributed by atoms with van der Waals surface area (Å²) in [5.74, 6) is -0.349. The van der Waals surface area contributed by atoms with E-state index in [0.29, 0.717) is 56.7 Å². The number of piperazine rings is 1. The maximum atomic E-state index is 14.1. The second-order valence-electron chi connectivity index (χ2n) is 21.0. The number of aliphatic hydroxyl groups excluding tert-OH is 2. The number of benzene rings is 3. The Kier molecular flexibility index (Phi) is 15.0. The van der Waals surface area contributed by atoms with Crippen LogP contribution in [0.4, 0.5) is 5.69 Å². The summed E-state index contributed by atoms with van der Waals surface area (Å²) in [5, 5.41) is 38.8. The number of aromatic nitrogens is 2. The van der Waals surface area contributed by atoms with E-state index in [1.807, 2.05) is 74.5 Å². The minimum absolute atomic E-state index is 0.000690. The smallest absolute Gasteiger partial charge is 0.237 e. The predicted octanol–water partition coefficient (Wildman–Crippen LogP) is 7.49. The van der Waals surface area contributed by atoms with E-state index < -0.39 is 35.2 Å². The van der Waals surface area contributed by atoms with Crippen LogP contribution in [0.25, 0.3) is 21.3 Å². The van der Waals surface area contributed by atoms with Gasteiger partial charge in [0, 0.05) is 85.4 Å². The van der Waals surface area contributed by atoms with E-state index in [0.717, 1.165) is 86.4 Å². The molecule has 3 aliphatic rings. The fraction of sp³-hybridized carbons (Fsp3) is 0.491. The molecule has 370 valence electrons. The quantitative estimate of drug-likeness (QED) is 0.0619. The SMILES string of the molecule is CCc1cc2c(cc1N1CCN(C(=O)CCCCCCC(=O)N[C@H](C(O)N3C[C@H](O)C[C@H]3C(=O)NCc3ccc(-c4scnc4C)cc3)C(C)(C)C)CC1)C(C)(C)c1[nH]c3cc(C#N)ccc3c1C2=O. The summed E-state index contributed by atoms with van der Waals surface area (Å²) >= 11 is 1.59. The molecular formula is C55H68N8O6S. The molecule has 15 heteroatoms. The lowest BCUT2D eigenvalue weighted by atomic mass is 9.70. The Morgan fingerprint density at radius 1 is 1.00 bits per heavy atom. The fourth-order valence-corrected chi connectivity index (χ4v) is 11.5. The molecule has 1 aliphatic carbocycles. The van der Waals surface area contributed by atoms with Crippen LogP contribution in [0, 0.1) is 23.7 Å². The Hall–Kier alpha value is -5.92. The lowest BCUT2D eigenvalue weighted by molar-refractivity contribution is -0.135. The van der Waals surface area contributed by atoms with Gasteiger partial charge in [0.05, 0.1) is 51.5 Å². The number of hydrogen-bond donors (Lipinski definition) is 5. The summed E-state index contributed by atoms with van der Waals surface area (Å²) in [5.41, 5.74) is 10.5. The van der Waals surface area contributed by atoms with Gasteiger partial charge in [-0.3, -0.25) is 24.1 Å². The monoisotopic (exact) mass is 968 g/mol. The Labute approximate surface area is 415 Å². The van der Waals surface area contributed by atoms with Crippen molar-refractivity contribution in [2.45, 2.75) is 136 Å². The molecule has 14 nitrogen and oxygen atoms in total. The van der Waals surface area contributed by atoms with Gasteiger partial charge in [-0.1, -0.05) is 84.7 Å². The predicted molar refractivity (Wildman–Crippen MR) is 274 cm³/mol. The third-order valence-electron chi connectivity index (χ3n) is 14.8. The summed E-state index contributed by atoms with van der Waals surface area (Å²) < 4.78 is 0. The van der Waals surface area contributed by atoms with Gasteiger partial charge < -0.3 is 35.6 Å². The van der Waals surface area contributed by atoms with Crippen molar-refractivity contribution in [1.29, 1.82) is 5.26 Å². The standard InChI is InChI=1S/C55H68N8O6S/c1-8-36-26-40-41(55(6,7)50-47(48(40)67)39-20-17-35(29-56)25-42(39)59-50)28-43(36)61-21-23-62(24-22-61)46(66)14-12-10-9-11-13-45(65)60-51(54(3,4)5)53(69)63-31-38(64)27-44(63)52(68)57-30-34-15-18-37(19-16-34)49-33(2)58-32-70-49/h15-20,25-26,28,32,38,44,51,53,59,64,69H,8-14,21-24,27,30-31H2,1-7H3,(H,57,68)(H,60,65)/t38-,44+,51-,53?/m1/s1. The molecule has 2 aromatic heterocycles. The van der Waals surface area contributed by atoms with Crippen molar-refractivity contribution in [3.8, 4) is 16.5 Å². The van der Waals surface area contributed by atoms with E-state index in [9.17, 15) is 34.7 Å². The number of aliphatic hydroxyl groups is 2. The number of nitrogens with one attached hydrogen (secondary N) is 3. The topological polar surface area (TPSA) is 195 Å². The van der Waals surface area contributed by atoms with Gasteiger partial charge in [0.25, 0.3) is 0 Å². The van der Waals surface area contributed by atoms with Crippen molar-refractivity contribution >= 4 is 51.4 Å². The maximum absolute atomic E-state index is 14.1. The van der Waals surface area contributed by atoms with Crippen LogP contribution in [-0.2, 0) is 32.8 Å². The summed E-state index contributed by atoms with van der Waals surface area (Å²) in [4.78, 5) is 69.2. The van der Waals surface area contributed by atoms with Crippen LogP contribution < -0.4 is 15.5 Å². The molecule has 70 heavy (non-hydrogen) atoms. The van der Waals surface area contributed by atoms with Gasteiger partial charge in [0.15, 0.2) is 5.78 Å². The number of rotatable bonds is 16. The molecule has 0 spiro atoms. The second-order valence-corrected chi connectivity index (χ2v) is 21.8. The zero-order valence-electron chi connectivity index (χ0n) is 41.7. The lowest BCUT2D eigenvalue weighted by Crippen LogP contribution is -2.60. The molecule has 2 saturated heterocycles. The van der Waals surface area contributed by atoms with Crippen LogP contribution in [0.5, 0.6) is 0 Å². The van der Waals surface area contributed by atoms with Gasteiger partial charge in [-0.05, 0) is 84.5 Å². The van der Waals surface area contributed by atoms with Crippen LogP contribution in [0.2, 0.25) is 0 Å². The molecule has 5 aromatic rings. The first-order chi connectivity index (χ1) is 33.4. The van der Waals surface area contributed by atoms with E-state index in [-0.39, 0.29) is 42.9 Å². The number of aromatic amines is 1. The van der Waals surface area contributed by atoms with E-state index in [4.69, 9.17) is 0 Å². The Morgan fingerprint density at radius 2 is 1.71 bits per heavy atom. The maximum Gasteiger partial charge on any atom is 0.237 e. The Balaban J connectivity index is 0.779. The number of fused-ring (bicyclic) bond motifs is 4. The number of likely N-dealkylation sites (tertiary alicyclic amines) is 1. The van der Waals surface area contributed by atoms with Crippen LogP contribution in [0.3, 0.4) is 0 Å². The van der Waals surface area contributed by atoms with E-state index in [1.54, 1.807) is 22.3 Å². The number of amides is 3. The number of nitrogens with zero attached hydrogens (tertiary/aromatic N) is 5. The minimum Gasteiger partial charge on any atom is -0.392 e. The summed E-state index contributed by atoms with van der Waals surface area (Å²) in [7, 11) is 0. The van der Waals surface area contributed by atoms with E-state index in [1.165, 1.54) is 0 Å². The first-order valence-electron chi connectivity index (χ1n) is 24.9. The third kappa shape index (κ3) is 10.4. The van der Waals surface area contributed by atoms with Gasteiger partial charge >= 0.3 is 0 Å². The number of carbonyl (C=O) groups excluding carboxylic acids is 4. The number of β-amino-alcohol motifs (C(OH)–C–C–N with tert-alkyl or cyclic N) is 1. The zero-order chi connectivity index (χ0) is 50.1. The Bertz CT molecular complexity index is 2790. The van der Waals surface area contributed by atoms with Crippen molar-refractivity contribution < 1.29 is 29.4 Å². The molecule has 0 radical (unpaired) electrons. The normalized spacial score (nSPS) is 18.8. The average molecular weight is 969 g/mol. The van der Waals surface area contributed by atoms with Gasteiger partial charge in [-0.2, -0.15) is 5.26 Å². The number of carbonyl (C=O) groups is 4. The highest BCUT2D eigenvalue weighted by Crippen LogP contribution is 2.46. The van der Waals surface area contributed by atoms with Crippen molar-refractivity contribution in [2.24, 2.45) is 5.41 Å². The van der Waals surface area contributed by atoms with Crippen molar-refractivity contribution in [3.05, 3.63) is 105 Å². The number of hydrogen-bond acceptors (Lipinski definition) is 11. The molecule has 3 aromatic carbocycles. The van der Waals surface area contributed by atoms with Crippen LogP contribution >= 0.6 is 11.3 Å². The van der Waals surface area contributed by atoms with E-state index >= 15 is 0 Å². The zero-order valence-corrected chi connectivity index (χ0v) is 42.5. The molecule has 4 heterocycles. The number of unbranched alkanes of at least 4 members (excludes halogenated alkanes) is 3. The number of thiazole rings is 1. The minimum atomic E-state index is -1.20. The second kappa shape index (κ2) is 20.8. The molecule has 8 rings (SSSR count). The molecule has 0 saturated carbocycles. The highest BCUT2D eigenvalue weighted by Gasteiger charge is 2.45. The fourth-order valence-electron chi connectivity index (χ4n) is 10.7. The number of nitriles is 1. The molecule has 0 bridgehead atoms. The first kappa shape index (κ1) is 50.5. The average Bonchev–Trinajstić information content (AvgIpc) is 4.08. The summed E-state index contributed by atoms with van der Waals surface area (Å²) in [6.07, 6.45) is 2.60.